The van der Waals surface area contributed by atoms with Gasteiger partial charge in [0, 0.05) is 6.42 Å². The number of rotatable bonds is 2. The van der Waals surface area contributed by atoms with Crippen molar-refractivity contribution in [3.63, 3.8) is 0 Å². The molecule has 0 saturated carbocycles. The van der Waals surface area contributed by atoms with E-state index in [-0.39, 0.29) is 24.8 Å². The smallest absolute Gasteiger partial charge is 0.421 e. The van der Waals surface area contributed by atoms with E-state index in [1.54, 1.807) is 19.1 Å². The first-order valence-corrected chi connectivity index (χ1v) is 9.45. The van der Waals surface area contributed by atoms with Crippen molar-refractivity contribution in [2.45, 2.75) is 38.1 Å². The summed E-state index contributed by atoms with van der Waals surface area (Å²) in [4.78, 5) is 39.7. The number of carbonyl (C=O) groups excluding carboxylic acids is 3. The summed E-state index contributed by atoms with van der Waals surface area (Å²) in [5, 5.41) is 3.02. The number of ether oxygens (including phenoxy) is 1. The minimum Gasteiger partial charge on any atom is -0.449 e. The Morgan fingerprint density at radius 3 is 2.75 bits per heavy atom. The van der Waals surface area contributed by atoms with Crippen LogP contribution in [0.25, 0.3) is 0 Å². The number of nitrogens with one attached hydrogen (secondary N) is 1. The molecule has 6 nitrogen and oxygen atoms in total. The Bertz CT molecular complexity index is 971. The molecule has 0 aliphatic carbocycles. The van der Waals surface area contributed by atoms with Gasteiger partial charge < -0.3 is 10.1 Å². The third kappa shape index (κ3) is 2.59. The van der Waals surface area contributed by atoms with Crippen molar-refractivity contribution < 1.29 is 19.1 Å². The first-order chi connectivity index (χ1) is 13.5. The Morgan fingerprint density at radius 1 is 1.21 bits per heavy atom. The van der Waals surface area contributed by atoms with Crippen LogP contribution in [-0.4, -0.2) is 24.5 Å². The first kappa shape index (κ1) is 18.2. The van der Waals surface area contributed by atoms with Gasteiger partial charge in [0.05, 0.1) is 18.3 Å². The number of imide groups is 1. The molecule has 2 aromatic rings. The van der Waals surface area contributed by atoms with E-state index >= 15 is 0 Å². The number of para-hydroxylation sites is 1. The Morgan fingerprint density at radius 2 is 2.00 bits per heavy atom. The highest BCUT2D eigenvalue weighted by molar-refractivity contribution is 6.21. The van der Waals surface area contributed by atoms with Gasteiger partial charge in [0.15, 0.2) is 0 Å². The molecule has 2 atom stereocenters. The van der Waals surface area contributed by atoms with E-state index in [4.69, 9.17) is 4.74 Å². The molecule has 1 saturated heterocycles. The Kier molecular flexibility index (Phi) is 4.41. The van der Waals surface area contributed by atoms with Crippen LogP contribution in [0, 0.1) is 6.92 Å². The average molecular weight is 378 g/mol. The summed E-state index contributed by atoms with van der Waals surface area (Å²) in [6, 6.07) is 14.5. The third-order valence-electron chi connectivity index (χ3n) is 5.58. The number of fused-ring (bicyclic) bond motifs is 2. The van der Waals surface area contributed by atoms with Gasteiger partial charge in [-0.2, -0.15) is 0 Å². The quantitative estimate of drug-likeness (QED) is 0.869. The van der Waals surface area contributed by atoms with Crippen molar-refractivity contribution in [3.05, 3.63) is 65.2 Å². The molecule has 144 valence electrons. The van der Waals surface area contributed by atoms with Gasteiger partial charge >= 0.3 is 6.09 Å². The molecule has 1 spiro atoms. The van der Waals surface area contributed by atoms with Gasteiger partial charge in [-0.15, -0.1) is 0 Å². The summed E-state index contributed by atoms with van der Waals surface area (Å²) in [5.74, 6) is -0.448. The van der Waals surface area contributed by atoms with E-state index in [2.05, 4.69) is 5.32 Å². The number of hydrogen-bond acceptors (Lipinski definition) is 4. The highest BCUT2D eigenvalue weighted by Gasteiger charge is 2.59. The summed E-state index contributed by atoms with van der Waals surface area (Å²) in [6.07, 6.45) is -0.126. The van der Waals surface area contributed by atoms with Gasteiger partial charge in [-0.1, -0.05) is 48.0 Å². The predicted octanol–water partition coefficient (Wildman–Crippen LogP) is 3.39. The molecule has 28 heavy (non-hydrogen) atoms. The van der Waals surface area contributed by atoms with Crippen molar-refractivity contribution in [1.82, 2.24) is 5.32 Å². The number of nitrogens with zero attached hydrogens (tertiary/aromatic N) is 1. The lowest BCUT2D eigenvalue weighted by Crippen LogP contribution is -2.55. The Hall–Kier alpha value is -3.15. The van der Waals surface area contributed by atoms with Crippen LogP contribution >= 0.6 is 0 Å². The van der Waals surface area contributed by atoms with E-state index in [1.807, 2.05) is 43.3 Å². The Balaban J connectivity index is 1.91. The van der Waals surface area contributed by atoms with Gasteiger partial charge in [-0.3, -0.25) is 9.59 Å². The third-order valence-corrected chi connectivity index (χ3v) is 5.58. The minimum absolute atomic E-state index is 0.100. The zero-order chi connectivity index (χ0) is 19.9. The SMILES string of the molecule is CCOC(=O)N1C(=O)C2(CCC(=O)NC2c2cccc(C)c2)c2ccccc21. The fraction of sp³-hybridized carbons (Fsp3) is 0.318. The van der Waals surface area contributed by atoms with Crippen LogP contribution in [0.1, 0.15) is 42.5 Å². The van der Waals surface area contributed by atoms with Crippen LogP contribution in [0.3, 0.4) is 0 Å². The molecule has 2 heterocycles. The molecular weight excluding hydrogens is 356 g/mol. The monoisotopic (exact) mass is 378 g/mol. The molecule has 0 bridgehead atoms. The zero-order valence-electron chi connectivity index (χ0n) is 15.9. The fourth-order valence-electron chi connectivity index (χ4n) is 4.39. The second kappa shape index (κ2) is 6.78. The van der Waals surface area contributed by atoms with E-state index in [9.17, 15) is 14.4 Å². The lowest BCUT2D eigenvalue weighted by Gasteiger charge is -2.40. The van der Waals surface area contributed by atoms with Crippen LogP contribution in [0.4, 0.5) is 10.5 Å². The fourth-order valence-corrected chi connectivity index (χ4v) is 4.39. The van der Waals surface area contributed by atoms with E-state index < -0.39 is 17.6 Å². The van der Waals surface area contributed by atoms with Crippen molar-refractivity contribution in [3.8, 4) is 0 Å². The van der Waals surface area contributed by atoms with Crippen molar-refractivity contribution >= 4 is 23.6 Å². The number of piperidine rings is 1. The second-order valence-corrected chi connectivity index (χ2v) is 7.24. The largest absolute Gasteiger partial charge is 0.449 e. The number of amides is 3. The maximum Gasteiger partial charge on any atom is 0.421 e. The number of aryl methyl sites for hydroxylation is 1. The molecule has 2 aliphatic rings. The van der Waals surface area contributed by atoms with Gasteiger partial charge in [0.2, 0.25) is 11.8 Å². The van der Waals surface area contributed by atoms with E-state index in [1.165, 1.54) is 0 Å². The maximum absolute atomic E-state index is 13.7. The lowest BCUT2D eigenvalue weighted by atomic mass is 9.67. The molecule has 1 fully saturated rings. The first-order valence-electron chi connectivity index (χ1n) is 9.45. The van der Waals surface area contributed by atoms with Gasteiger partial charge in [0.25, 0.3) is 0 Å². The van der Waals surface area contributed by atoms with Crippen LogP contribution in [0.5, 0.6) is 0 Å². The average Bonchev–Trinajstić information content (AvgIpc) is 2.93. The van der Waals surface area contributed by atoms with Crippen LogP contribution < -0.4 is 10.2 Å². The van der Waals surface area contributed by atoms with E-state index in [0.717, 1.165) is 21.6 Å². The number of carbonyl (C=O) groups is 3. The normalized spacial score (nSPS) is 23.5. The van der Waals surface area contributed by atoms with Crippen LogP contribution in [0.2, 0.25) is 0 Å². The predicted molar refractivity (Wildman–Crippen MR) is 104 cm³/mol. The summed E-state index contributed by atoms with van der Waals surface area (Å²) >= 11 is 0. The molecule has 2 unspecified atom stereocenters. The van der Waals surface area contributed by atoms with Crippen LogP contribution in [-0.2, 0) is 19.7 Å². The number of hydrogen-bond donors (Lipinski definition) is 1. The number of anilines is 1. The summed E-state index contributed by atoms with van der Waals surface area (Å²) < 4.78 is 5.15. The summed E-state index contributed by atoms with van der Waals surface area (Å²) in [7, 11) is 0. The molecule has 3 amide bonds. The molecule has 0 aromatic heterocycles. The molecule has 4 rings (SSSR count). The number of benzene rings is 2. The molecule has 2 aliphatic heterocycles. The molecule has 0 radical (unpaired) electrons. The molecular formula is C22H22N2O4. The van der Waals surface area contributed by atoms with Gasteiger partial charge in [-0.25, -0.2) is 9.69 Å². The maximum atomic E-state index is 13.7. The van der Waals surface area contributed by atoms with Crippen molar-refractivity contribution in [2.75, 3.05) is 11.5 Å². The Labute approximate surface area is 163 Å². The zero-order valence-corrected chi connectivity index (χ0v) is 15.9. The van der Waals surface area contributed by atoms with Crippen LogP contribution in [0.15, 0.2) is 48.5 Å². The summed E-state index contributed by atoms with van der Waals surface area (Å²) in [5.41, 5.74) is 2.13. The van der Waals surface area contributed by atoms with E-state index in [0.29, 0.717) is 12.1 Å². The highest BCUT2D eigenvalue weighted by Crippen LogP contribution is 2.53. The lowest BCUT2D eigenvalue weighted by molar-refractivity contribution is -0.130. The molecule has 6 heteroatoms. The van der Waals surface area contributed by atoms with Crippen molar-refractivity contribution in [2.24, 2.45) is 0 Å². The minimum atomic E-state index is -1.04. The second-order valence-electron chi connectivity index (χ2n) is 7.24. The molecule has 2 aromatic carbocycles. The van der Waals surface area contributed by atoms with Gasteiger partial charge in [0.1, 0.15) is 5.41 Å². The van der Waals surface area contributed by atoms with Gasteiger partial charge in [-0.05, 0) is 37.5 Å². The van der Waals surface area contributed by atoms with Crippen molar-refractivity contribution in [1.29, 1.82) is 0 Å². The topological polar surface area (TPSA) is 75.7 Å². The molecule has 1 N–H and O–H groups in total. The highest BCUT2D eigenvalue weighted by atomic mass is 16.6. The standard InChI is InChI=1S/C22H22N2O4/c1-3-28-21(27)24-17-10-5-4-9-16(17)22(20(24)26)12-11-18(25)23-19(22)15-8-6-7-14(2)13-15/h4-10,13,19H,3,11-12H2,1-2H3,(H,23,25). The summed E-state index contributed by atoms with van der Waals surface area (Å²) in [6.45, 7) is 3.85.